The van der Waals surface area contributed by atoms with Gasteiger partial charge >= 0.3 is 0 Å². The molecule has 2 aromatic carbocycles. The van der Waals surface area contributed by atoms with E-state index < -0.39 is 0 Å². The normalized spacial score (nSPS) is 15.9. The SMILES string of the molecule is CN=C(NCc1ccc(F)cc1)NCC1(c2ccccc2F)CC1. The lowest BCUT2D eigenvalue weighted by molar-refractivity contribution is 0.559. The van der Waals surface area contributed by atoms with Gasteiger partial charge in [0, 0.05) is 25.6 Å². The van der Waals surface area contributed by atoms with Crippen LogP contribution in [-0.2, 0) is 12.0 Å². The number of aliphatic imine (C=N–C) groups is 1. The van der Waals surface area contributed by atoms with E-state index in [-0.39, 0.29) is 17.0 Å². The summed E-state index contributed by atoms with van der Waals surface area (Å²) in [6.45, 7) is 1.18. The van der Waals surface area contributed by atoms with Crippen molar-refractivity contribution in [2.75, 3.05) is 13.6 Å². The number of nitrogens with one attached hydrogen (secondary N) is 2. The van der Waals surface area contributed by atoms with Gasteiger partial charge in [-0.2, -0.15) is 0 Å². The lowest BCUT2D eigenvalue weighted by atomic mass is 9.95. The van der Waals surface area contributed by atoms with Crippen LogP contribution in [0, 0.1) is 11.6 Å². The first-order valence-corrected chi connectivity index (χ1v) is 8.07. The molecule has 24 heavy (non-hydrogen) atoms. The van der Waals surface area contributed by atoms with Gasteiger partial charge < -0.3 is 10.6 Å². The van der Waals surface area contributed by atoms with E-state index in [2.05, 4.69) is 15.6 Å². The highest BCUT2D eigenvalue weighted by Gasteiger charge is 2.45. The van der Waals surface area contributed by atoms with Crippen molar-refractivity contribution < 1.29 is 8.78 Å². The Labute approximate surface area is 140 Å². The third kappa shape index (κ3) is 3.72. The summed E-state index contributed by atoms with van der Waals surface area (Å²) in [5.74, 6) is 0.259. The zero-order chi connectivity index (χ0) is 17.0. The maximum Gasteiger partial charge on any atom is 0.191 e. The van der Waals surface area contributed by atoms with Crippen LogP contribution in [0.1, 0.15) is 24.0 Å². The Morgan fingerprint density at radius 3 is 2.38 bits per heavy atom. The summed E-state index contributed by atoms with van der Waals surface area (Å²) in [6.07, 6.45) is 1.94. The van der Waals surface area contributed by atoms with Gasteiger partial charge in [0.1, 0.15) is 11.6 Å². The minimum Gasteiger partial charge on any atom is -0.356 e. The van der Waals surface area contributed by atoms with Crippen molar-refractivity contribution in [1.29, 1.82) is 0 Å². The largest absolute Gasteiger partial charge is 0.356 e. The van der Waals surface area contributed by atoms with Crippen molar-refractivity contribution in [1.82, 2.24) is 10.6 Å². The minimum absolute atomic E-state index is 0.140. The highest BCUT2D eigenvalue weighted by molar-refractivity contribution is 5.79. The van der Waals surface area contributed by atoms with Crippen LogP contribution in [0.5, 0.6) is 0 Å². The van der Waals surface area contributed by atoms with Gasteiger partial charge in [0.15, 0.2) is 5.96 Å². The predicted octanol–water partition coefficient (Wildman–Crippen LogP) is 3.36. The molecule has 2 aromatic rings. The summed E-state index contributed by atoms with van der Waals surface area (Å²) in [6, 6.07) is 13.3. The highest BCUT2D eigenvalue weighted by Crippen LogP contribution is 2.48. The average molecular weight is 329 g/mol. The number of hydrogen-bond donors (Lipinski definition) is 2. The van der Waals surface area contributed by atoms with Gasteiger partial charge in [-0.1, -0.05) is 30.3 Å². The molecule has 0 atom stereocenters. The predicted molar refractivity (Wildman–Crippen MR) is 91.9 cm³/mol. The summed E-state index contributed by atoms with van der Waals surface area (Å²) >= 11 is 0. The molecule has 5 heteroatoms. The molecule has 0 unspecified atom stereocenters. The highest BCUT2D eigenvalue weighted by atomic mass is 19.1. The Morgan fingerprint density at radius 1 is 1.04 bits per heavy atom. The minimum atomic E-state index is -0.248. The Kier molecular flexibility index (Phi) is 4.79. The van der Waals surface area contributed by atoms with Gasteiger partial charge in [-0.05, 0) is 42.2 Å². The van der Waals surface area contributed by atoms with E-state index in [0.29, 0.717) is 19.0 Å². The van der Waals surface area contributed by atoms with Crippen LogP contribution in [0.15, 0.2) is 53.5 Å². The van der Waals surface area contributed by atoms with Gasteiger partial charge in [0.05, 0.1) is 0 Å². The molecule has 1 saturated carbocycles. The van der Waals surface area contributed by atoms with E-state index in [0.717, 1.165) is 24.0 Å². The smallest absolute Gasteiger partial charge is 0.191 e. The Morgan fingerprint density at radius 2 is 1.75 bits per heavy atom. The standard InChI is InChI=1S/C19H21F2N3/c1-22-18(23-12-14-6-8-15(20)9-7-14)24-13-19(10-11-19)16-4-2-3-5-17(16)21/h2-9H,10-13H2,1H3,(H2,22,23,24). The van der Waals surface area contributed by atoms with Crippen LogP contribution >= 0.6 is 0 Å². The molecule has 0 radical (unpaired) electrons. The molecule has 0 aliphatic heterocycles. The molecule has 0 aromatic heterocycles. The lowest BCUT2D eigenvalue weighted by Gasteiger charge is -2.19. The van der Waals surface area contributed by atoms with Crippen LogP contribution in [-0.4, -0.2) is 19.6 Å². The van der Waals surface area contributed by atoms with Gasteiger partial charge in [-0.25, -0.2) is 8.78 Å². The van der Waals surface area contributed by atoms with Crippen molar-refractivity contribution in [3.63, 3.8) is 0 Å². The van der Waals surface area contributed by atoms with E-state index in [4.69, 9.17) is 0 Å². The van der Waals surface area contributed by atoms with Gasteiger partial charge in [0.25, 0.3) is 0 Å². The number of hydrogen-bond acceptors (Lipinski definition) is 1. The molecule has 1 aliphatic carbocycles. The monoisotopic (exact) mass is 329 g/mol. The topological polar surface area (TPSA) is 36.4 Å². The first kappa shape index (κ1) is 16.4. The second kappa shape index (κ2) is 6.99. The molecule has 0 bridgehead atoms. The maximum atomic E-state index is 14.0. The molecule has 0 heterocycles. The number of halogens is 2. The van der Waals surface area contributed by atoms with Crippen molar-refractivity contribution in [3.05, 3.63) is 71.3 Å². The first-order valence-electron chi connectivity index (χ1n) is 8.07. The molecule has 0 saturated heterocycles. The molecular weight excluding hydrogens is 308 g/mol. The van der Waals surface area contributed by atoms with Crippen molar-refractivity contribution in [2.24, 2.45) is 4.99 Å². The van der Waals surface area contributed by atoms with Gasteiger partial charge in [-0.15, -0.1) is 0 Å². The number of guanidine groups is 1. The van der Waals surface area contributed by atoms with E-state index in [9.17, 15) is 8.78 Å². The Bertz CT molecular complexity index is 722. The van der Waals surface area contributed by atoms with E-state index in [1.165, 1.54) is 18.2 Å². The molecule has 0 amide bonds. The summed E-state index contributed by atoms with van der Waals surface area (Å²) in [7, 11) is 1.70. The molecule has 0 spiro atoms. The molecule has 2 N–H and O–H groups in total. The maximum absolute atomic E-state index is 14.0. The second-order valence-corrected chi connectivity index (χ2v) is 6.17. The quantitative estimate of drug-likeness (QED) is 0.652. The Balaban J connectivity index is 1.57. The van der Waals surface area contributed by atoms with Crippen LogP contribution in [0.25, 0.3) is 0 Å². The summed E-state index contributed by atoms with van der Waals surface area (Å²) in [4.78, 5) is 4.19. The lowest BCUT2D eigenvalue weighted by Crippen LogP contribution is -2.41. The summed E-state index contributed by atoms with van der Waals surface area (Å²) < 4.78 is 26.9. The third-order valence-electron chi connectivity index (χ3n) is 4.49. The molecule has 1 fully saturated rings. The number of benzene rings is 2. The van der Waals surface area contributed by atoms with Crippen LogP contribution in [0.2, 0.25) is 0 Å². The van der Waals surface area contributed by atoms with E-state index in [1.54, 1.807) is 25.2 Å². The first-order chi connectivity index (χ1) is 11.6. The fraction of sp³-hybridized carbons (Fsp3) is 0.316. The van der Waals surface area contributed by atoms with E-state index in [1.807, 2.05) is 12.1 Å². The fourth-order valence-electron chi connectivity index (χ4n) is 2.85. The molecular formula is C19H21F2N3. The summed E-state index contributed by atoms with van der Waals surface area (Å²) in [5, 5.41) is 6.47. The Hall–Kier alpha value is -2.43. The van der Waals surface area contributed by atoms with Crippen LogP contribution in [0.3, 0.4) is 0 Å². The second-order valence-electron chi connectivity index (χ2n) is 6.17. The zero-order valence-electron chi connectivity index (χ0n) is 13.7. The van der Waals surface area contributed by atoms with Gasteiger partial charge in [0.2, 0.25) is 0 Å². The van der Waals surface area contributed by atoms with Crippen molar-refractivity contribution in [2.45, 2.75) is 24.8 Å². The zero-order valence-corrected chi connectivity index (χ0v) is 13.7. The number of nitrogens with zero attached hydrogens (tertiary/aromatic N) is 1. The van der Waals surface area contributed by atoms with Crippen molar-refractivity contribution in [3.8, 4) is 0 Å². The summed E-state index contributed by atoms with van der Waals surface area (Å²) in [5.41, 5.74) is 1.60. The molecule has 3 rings (SSSR count). The molecule has 1 aliphatic rings. The van der Waals surface area contributed by atoms with Crippen LogP contribution < -0.4 is 10.6 Å². The van der Waals surface area contributed by atoms with Crippen LogP contribution in [0.4, 0.5) is 8.78 Å². The van der Waals surface area contributed by atoms with Gasteiger partial charge in [-0.3, -0.25) is 4.99 Å². The third-order valence-corrected chi connectivity index (χ3v) is 4.49. The molecule has 126 valence electrons. The molecule has 3 nitrogen and oxygen atoms in total. The fourth-order valence-corrected chi connectivity index (χ4v) is 2.85. The van der Waals surface area contributed by atoms with E-state index >= 15 is 0 Å². The number of rotatable bonds is 5. The average Bonchev–Trinajstić information content (AvgIpc) is 3.38. The van der Waals surface area contributed by atoms with Crippen molar-refractivity contribution >= 4 is 5.96 Å².